The third-order valence-electron chi connectivity index (χ3n) is 2.95. The first-order valence-electron chi connectivity index (χ1n) is 6.25. The first-order chi connectivity index (χ1) is 10.1. The second-order valence-electron chi connectivity index (χ2n) is 4.58. The van der Waals surface area contributed by atoms with E-state index in [2.05, 4.69) is 15.4 Å². The lowest BCUT2D eigenvalue weighted by atomic mass is 10.2. The van der Waals surface area contributed by atoms with Crippen molar-refractivity contribution in [3.8, 4) is 11.6 Å². The molecule has 3 aromatic rings. The SMILES string of the molecule is Cc1cc2c(Oc3ccc(F)cc3C)nc(NN)nc2s1. The van der Waals surface area contributed by atoms with Gasteiger partial charge >= 0.3 is 0 Å². The average Bonchev–Trinajstić information content (AvgIpc) is 2.82. The van der Waals surface area contributed by atoms with Gasteiger partial charge in [-0.05, 0) is 43.7 Å². The van der Waals surface area contributed by atoms with Gasteiger partial charge in [-0.1, -0.05) is 0 Å². The van der Waals surface area contributed by atoms with Crippen molar-refractivity contribution in [3.05, 3.63) is 40.5 Å². The van der Waals surface area contributed by atoms with Gasteiger partial charge in [0, 0.05) is 4.88 Å². The van der Waals surface area contributed by atoms with Crippen LogP contribution in [0.3, 0.4) is 0 Å². The van der Waals surface area contributed by atoms with E-state index in [1.807, 2.05) is 13.0 Å². The molecule has 0 radical (unpaired) electrons. The van der Waals surface area contributed by atoms with Crippen LogP contribution >= 0.6 is 11.3 Å². The molecule has 0 aliphatic rings. The largest absolute Gasteiger partial charge is 0.438 e. The molecule has 7 heteroatoms. The van der Waals surface area contributed by atoms with Gasteiger partial charge in [0.1, 0.15) is 16.4 Å². The van der Waals surface area contributed by atoms with Crippen molar-refractivity contribution in [1.29, 1.82) is 0 Å². The van der Waals surface area contributed by atoms with E-state index in [1.54, 1.807) is 13.0 Å². The summed E-state index contributed by atoms with van der Waals surface area (Å²) in [5.41, 5.74) is 3.11. The van der Waals surface area contributed by atoms with Crippen LogP contribution in [0.2, 0.25) is 0 Å². The topological polar surface area (TPSA) is 73.1 Å². The minimum absolute atomic E-state index is 0.277. The summed E-state index contributed by atoms with van der Waals surface area (Å²) in [6, 6.07) is 6.29. The first kappa shape index (κ1) is 13.7. The Morgan fingerprint density at radius 3 is 2.76 bits per heavy atom. The molecule has 0 spiro atoms. The fraction of sp³-hybridized carbons (Fsp3) is 0.143. The first-order valence-corrected chi connectivity index (χ1v) is 7.07. The number of nitrogens with one attached hydrogen (secondary N) is 1. The average molecular weight is 304 g/mol. The van der Waals surface area contributed by atoms with Gasteiger partial charge < -0.3 is 4.74 Å². The fourth-order valence-corrected chi connectivity index (χ4v) is 2.86. The Kier molecular flexibility index (Phi) is 3.44. The van der Waals surface area contributed by atoms with Crippen LogP contribution in [0.1, 0.15) is 10.4 Å². The molecule has 3 N–H and O–H groups in total. The smallest absolute Gasteiger partial charge is 0.241 e. The van der Waals surface area contributed by atoms with Crippen molar-refractivity contribution in [2.75, 3.05) is 5.43 Å². The summed E-state index contributed by atoms with van der Waals surface area (Å²) in [5, 5.41) is 0.806. The minimum atomic E-state index is -0.302. The second kappa shape index (κ2) is 5.27. The number of nitrogens with zero attached hydrogens (tertiary/aromatic N) is 2. The molecule has 0 atom stereocenters. The molecule has 21 heavy (non-hydrogen) atoms. The van der Waals surface area contributed by atoms with Crippen LogP contribution in [0.5, 0.6) is 11.6 Å². The van der Waals surface area contributed by atoms with Gasteiger partial charge in [-0.15, -0.1) is 11.3 Å². The third-order valence-corrected chi connectivity index (χ3v) is 3.90. The summed E-state index contributed by atoms with van der Waals surface area (Å²) >= 11 is 1.53. The van der Waals surface area contributed by atoms with Gasteiger partial charge in [0.25, 0.3) is 0 Å². The van der Waals surface area contributed by atoms with E-state index in [4.69, 9.17) is 10.6 Å². The number of anilines is 1. The molecule has 0 fully saturated rings. The maximum atomic E-state index is 13.2. The number of aryl methyl sites for hydroxylation is 2. The molecule has 0 saturated carbocycles. The maximum absolute atomic E-state index is 13.2. The Balaban J connectivity index is 2.10. The zero-order valence-corrected chi connectivity index (χ0v) is 12.3. The molecule has 0 unspecified atom stereocenters. The number of rotatable bonds is 3. The molecule has 0 aliphatic heterocycles. The molecule has 0 bridgehead atoms. The Morgan fingerprint density at radius 1 is 1.24 bits per heavy atom. The molecule has 0 saturated heterocycles. The van der Waals surface area contributed by atoms with Gasteiger partial charge in [0.05, 0.1) is 5.39 Å². The molecule has 2 aromatic heterocycles. The van der Waals surface area contributed by atoms with Crippen LogP contribution in [-0.2, 0) is 0 Å². The van der Waals surface area contributed by atoms with Crippen molar-refractivity contribution in [2.24, 2.45) is 5.84 Å². The molecular weight excluding hydrogens is 291 g/mol. The summed E-state index contributed by atoms with van der Waals surface area (Å²) in [4.78, 5) is 10.4. The zero-order valence-electron chi connectivity index (χ0n) is 11.5. The highest BCUT2D eigenvalue weighted by Crippen LogP contribution is 2.34. The fourth-order valence-electron chi connectivity index (χ4n) is 1.99. The van der Waals surface area contributed by atoms with Crippen LogP contribution in [0.4, 0.5) is 10.3 Å². The van der Waals surface area contributed by atoms with E-state index in [0.29, 0.717) is 17.2 Å². The van der Waals surface area contributed by atoms with Gasteiger partial charge in [-0.3, -0.25) is 5.43 Å². The number of hydrogen-bond acceptors (Lipinski definition) is 6. The molecule has 5 nitrogen and oxygen atoms in total. The number of thiophene rings is 1. The van der Waals surface area contributed by atoms with Crippen LogP contribution < -0.4 is 16.0 Å². The van der Waals surface area contributed by atoms with Gasteiger partial charge in [0.2, 0.25) is 11.8 Å². The number of ether oxygens (including phenoxy) is 1. The molecule has 108 valence electrons. The highest BCUT2D eigenvalue weighted by Gasteiger charge is 2.13. The summed E-state index contributed by atoms with van der Waals surface area (Å²) in [5.74, 6) is 6.30. The van der Waals surface area contributed by atoms with Crippen molar-refractivity contribution in [3.63, 3.8) is 0 Å². The zero-order chi connectivity index (χ0) is 15.0. The minimum Gasteiger partial charge on any atom is -0.438 e. The lowest BCUT2D eigenvalue weighted by Crippen LogP contribution is -2.10. The van der Waals surface area contributed by atoms with Crippen molar-refractivity contribution in [1.82, 2.24) is 9.97 Å². The number of nitrogens with two attached hydrogens (primary N) is 1. The lowest BCUT2D eigenvalue weighted by molar-refractivity contribution is 0.463. The van der Waals surface area contributed by atoms with Crippen LogP contribution in [0.25, 0.3) is 10.2 Å². The number of hydrogen-bond donors (Lipinski definition) is 2. The standard InChI is InChI=1S/C14H13FN4OS/c1-7-5-9(15)3-4-11(7)20-12-10-6-8(2)21-13(10)18-14(17-12)19-16/h3-6H,16H2,1-2H3,(H,17,18,19). The predicted octanol–water partition coefficient (Wildman–Crippen LogP) is 3.53. The van der Waals surface area contributed by atoms with E-state index in [9.17, 15) is 4.39 Å². The van der Waals surface area contributed by atoms with Gasteiger partial charge in [-0.25, -0.2) is 15.2 Å². The summed E-state index contributed by atoms with van der Waals surface area (Å²) in [6.07, 6.45) is 0. The quantitative estimate of drug-likeness (QED) is 0.572. The summed E-state index contributed by atoms with van der Waals surface area (Å²) < 4.78 is 19.0. The van der Waals surface area contributed by atoms with Gasteiger partial charge in [0.15, 0.2) is 0 Å². The van der Waals surface area contributed by atoms with E-state index in [-0.39, 0.29) is 11.8 Å². The van der Waals surface area contributed by atoms with Crippen molar-refractivity contribution in [2.45, 2.75) is 13.8 Å². The van der Waals surface area contributed by atoms with Crippen LogP contribution in [-0.4, -0.2) is 9.97 Å². The van der Waals surface area contributed by atoms with Crippen LogP contribution in [0.15, 0.2) is 24.3 Å². The lowest BCUT2D eigenvalue weighted by Gasteiger charge is -2.09. The molecule has 1 aromatic carbocycles. The maximum Gasteiger partial charge on any atom is 0.241 e. The number of nitrogen functional groups attached to an aromatic ring is 1. The normalized spacial score (nSPS) is 10.9. The molecule has 0 aliphatic carbocycles. The summed E-state index contributed by atoms with van der Waals surface area (Å²) in [7, 11) is 0. The Hall–Kier alpha value is -2.25. The molecule has 2 heterocycles. The van der Waals surface area contributed by atoms with E-state index >= 15 is 0 Å². The molecule has 0 amide bonds. The number of fused-ring (bicyclic) bond motifs is 1. The predicted molar refractivity (Wildman–Crippen MR) is 81.2 cm³/mol. The van der Waals surface area contributed by atoms with E-state index < -0.39 is 0 Å². The summed E-state index contributed by atoms with van der Waals surface area (Å²) in [6.45, 7) is 3.76. The molecule has 3 rings (SSSR count). The van der Waals surface area contributed by atoms with Crippen molar-refractivity contribution >= 4 is 27.5 Å². The van der Waals surface area contributed by atoms with E-state index in [0.717, 1.165) is 15.1 Å². The third kappa shape index (κ3) is 2.65. The number of halogens is 1. The highest BCUT2D eigenvalue weighted by molar-refractivity contribution is 7.18. The van der Waals surface area contributed by atoms with E-state index in [1.165, 1.54) is 23.5 Å². The monoisotopic (exact) mass is 304 g/mol. The number of hydrazine groups is 1. The number of benzene rings is 1. The Labute approximate surface area is 124 Å². The van der Waals surface area contributed by atoms with Crippen LogP contribution in [0, 0.1) is 19.7 Å². The Morgan fingerprint density at radius 2 is 2.05 bits per heavy atom. The van der Waals surface area contributed by atoms with Gasteiger partial charge in [-0.2, -0.15) is 4.98 Å². The second-order valence-corrected chi connectivity index (χ2v) is 5.82. The number of aromatic nitrogens is 2. The Bertz CT molecular complexity index is 818. The highest BCUT2D eigenvalue weighted by atomic mass is 32.1. The molecular formula is C14H13FN4OS. The van der Waals surface area contributed by atoms with Crippen molar-refractivity contribution < 1.29 is 9.13 Å².